The van der Waals surface area contributed by atoms with Crippen LogP contribution in [-0.2, 0) is 9.53 Å². The van der Waals surface area contributed by atoms with Crippen LogP contribution in [0.5, 0.6) is 0 Å². The molecule has 0 aromatic carbocycles. The smallest absolute Gasteiger partial charge is 0.325 e. The lowest BCUT2D eigenvalue weighted by molar-refractivity contribution is -0.142. The van der Waals surface area contributed by atoms with Gasteiger partial charge in [-0.1, -0.05) is 0 Å². The molecule has 138 valence electrons. The van der Waals surface area contributed by atoms with Crippen LogP contribution in [0.4, 0.5) is 5.69 Å². The van der Waals surface area contributed by atoms with E-state index in [2.05, 4.69) is 25.0 Å². The zero-order valence-electron chi connectivity index (χ0n) is 14.4. The molecule has 0 unspecified atom stereocenters. The van der Waals surface area contributed by atoms with Gasteiger partial charge in [0.05, 0.1) is 24.3 Å². The van der Waals surface area contributed by atoms with E-state index in [4.69, 9.17) is 4.74 Å². The summed E-state index contributed by atoms with van der Waals surface area (Å²) in [5.74, 6) is 0.386. The number of esters is 1. The highest BCUT2D eigenvalue weighted by molar-refractivity contribution is 5.79. The minimum Gasteiger partial charge on any atom is -0.469 e. The van der Waals surface area contributed by atoms with Gasteiger partial charge in [0, 0.05) is 31.7 Å². The Kier molecular flexibility index (Phi) is 3.24. The fourth-order valence-corrected chi connectivity index (χ4v) is 4.07. The predicted octanol–water partition coefficient (Wildman–Crippen LogP) is -0.372. The number of rotatable bonds is 3. The van der Waals surface area contributed by atoms with Crippen LogP contribution in [0.25, 0.3) is 16.9 Å². The SMILES string of the molecule is COC(=O)[C@H]1[C@@H]2CN(c3cc(-c4c[nH]c(=O)[nH]c4=O)nn4ccnc34)C[C@@H]21. The maximum Gasteiger partial charge on any atom is 0.325 e. The number of carbonyl (C=O) groups is 1. The molecule has 1 saturated carbocycles. The Morgan fingerprint density at radius 1 is 1.30 bits per heavy atom. The van der Waals surface area contributed by atoms with Crippen molar-refractivity contribution in [1.82, 2.24) is 24.6 Å². The first-order valence-corrected chi connectivity index (χ1v) is 8.56. The molecule has 10 nitrogen and oxygen atoms in total. The third kappa shape index (κ3) is 2.36. The van der Waals surface area contributed by atoms with Crippen LogP contribution in [0.15, 0.2) is 34.2 Å². The number of carbonyl (C=O) groups excluding carboxylic acids is 1. The number of fused-ring (bicyclic) bond motifs is 2. The summed E-state index contributed by atoms with van der Waals surface area (Å²) < 4.78 is 6.47. The molecule has 0 radical (unpaired) electrons. The molecule has 2 N–H and O–H groups in total. The summed E-state index contributed by atoms with van der Waals surface area (Å²) in [6.45, 7) is 1.44. The standard InChI is InChI=1S/C17H16N6O4/c1-27-16(25)13-9-6-22(7-10(9)13)12-4-11(21-23-3-2-18-14(12)23)8-5-19-17(26)20-15(8)24/h2-5,9-10,13H,6-7H2,1H3,(H2,19,20,24,26)/t9-,10+,13+. The monoisotopic (exact) mass is 368 g/mol. The summed E-state index contributed by atoms with van der Waals surface area (Å²) in [6, 6.07) is 1.79. The largest absolute Gasteiger partial charge is 0.469 e. The maximum atomic E-state index is 12.2. The van der Waals surface area contributed by atoms with E-state index >= 15 is 0 Å². The molecular weight excluding hydrogens is 352 g/mol. The second-order valence-electron chi connectivity index (χ2n) is 6.88. The Hall–Kier alpha value is -3.43. The molecule has 3 aromatic rings. The molecule has 2 aliphatic rings. The van der Waals surface area contributed by atoms with Gasteiger partial charge in [0.1, 0.15) is 5.69 Å². The van der Waals surface area contributed by atoms with Gasteiger partial charge >= 0.3 is 11.7 Å². The molecule has 1 aliphatic heterocycles. The molecule has 1 aliphatic carbocycles. The van der Waals surface area contributed by atoms with Gasteiger partial charge in [-0.15, -0.1) is 0 Å². The summed E-state index contributed by atoms with van der Waals surface area (Å²) in [5.41, 5.74) is 1.14. The topological polar surface area (TPSA) is 125 Å². The van der Waals surface area contributed by atoms with Crippen molar-refractivity contribution in [3.8, 4) is 11.3 Å². The zero-order chi connectivity index (χ0) is 18.7. The zero-order valence-corrected chi connectivity index (χ0v) is 14.4. The third-order valence-electron chi connectivity index (χ3n) is 5.44. The van der Waals surface area contributed by atoms with E-state index in [0.29, 0.717) is 11.3 Å². The van der Waals surface area contributed by atoms with Gasteiger partial charge in [-0.2, -0.15) is 5.10 Å². The van der Waals surface area contributed by atoms with E-state index in [0.717, 1.165) is 18.8 Å². The summed E-state index contributed by atoms with van der Waals surface area (Å²) >= 11 is 0. The number of aromatic amines is 2. The molecule has 27 heavy (non-hydrogen) atoms. The third-order valence-corrected chi connectivity index (χ3v) is 5.44. The Bertz CT molecular complexity index is 1170. The van der Waals surface area contributed by atoms with Crippen LogP contribution in [0.2, 0.25) is 0 Å². The van der Waals surface area contributed by atoms with Crippen LogP contribution in [0, 0.1) is 17.8 Å². The van der Waals surface area contributed by atoms with E-state index in [1.807, 2.05) is 0 Å². The molecule has 1 saturated heterocycles. The van der Waals surface area contributed by atoms with Crippen LogP contribution in [-0.4, -0.2) is 50.7 Å². The van der Waals surface area contributed by atoms with Crippen molar-refractivity contribution < 1.29 is 9.53 Å². The van der Waals surface area contributed by atoms with Gasteiger partial charge in [0.2, 0.25) is 0 Å². The molecule has 3 atom stereocenters. The second-order valence-corrected chi connectivity index (χ2v) is 6.88. The number of nitrogens with zero attached hydrogens (tertiary/aromatic N) is 4. The number of hydrogen-bond acceptors (Lipinski definition) is 7. The first-order valence-electron chi connectivity index (χ1n) is 8.56. The normalized spacial score (nSPS) is 23.4. The fourth-order valence-electron chi connectivity index (χ4n) is 4.07. The average molecular weight is 368 g/mol. The quantitative estimate of drug-likeness (QED) is 0.604. The predicted molar refractivity (Wildman–Crippen MR) is 94.4 cm³/mol. The van der Waals surface area contributed by atoms with Gasteiger partial charge in [-0.3, -0.25) is 14.6 Å². The number of piperidine rings is 1. The summed E-state index contributed by atoms with van der Waals surface area (Å²) in [4.78, 5) is 46.4. The van der Waals surface area contributed by atoms with Gasteiger partial charge < -0.3 is 14.6 Å². The van der Waals surface area contributed by atoms with Crippen LogP contribution in [0.1, 0.15) is 0 Å². The van der Waals surface area contributed by atoms with E-state index in [1.165, 1.54) is 13.3 Å². The van der Waals surface area contributed by atoms with E-state index in [1.54, 1.807) is 23.0 Å². The van der Waals surface area contributed by atoms with Crippen molar-refractivity contribution in [2.45, 2.75) is 0 Å². The fraction of sp³-hybridized carbons (Fsp3) is 0.353. The summed E-state index contributed by atoms with van der Waals surface area (Å²) in [7, 11) is 1.42. The lowest BCUT2D eigenvalue weighted by atomic mass is 10.2. The highest BCUT2D eigenvalue weighted by Gasteiger charge is 2.60. The van der Waals surface area contributed by atoms with Crippen molar-refractivity contribution in [2.75, 3.05) is 25.1 Å². The number of nitrogens with one attached hydrogen (secondary N) is 2. The van der Waals surface area contributed by atoms with E-state index in [9.17, 15) is 14.4 Å². The first-order chi connectivity index (χ1) is 13.1. The molecule has 10 heteroatoms. The lowest BCUT2D eigenvalue weighted by Gasteiger charge is -2.22. The summed E-state index contributed by atoms with van der Waals surface area (Å²) in [5, 5.41) is 4.43. The number of hydrogen-bond donors (Lipinski definition) is 2. The van der Waals surface area contributed by atoms with E-state index < -0.39 is 11.2 Å². The van der Waals surface area contributed by atoms with Crippen molar-refractivity contribution in [1.29, 1.82) is 0 Å². The van der Waals surface area contributed by atoms with Crippen LogP contribution < -0.4 is 16.1 Å². The highest BCUT2D eigenvalue weighted by atomic mass is 16.5. The van der Waals surface area contributed by atoms with Crippen molar-refractivity contribution in [3.05, 3.63) is 45.5 Å². The number of H-pyrrole nitrogens is 2. The molecule has 3 aromatic heterocycles. The Morgan fingerprint density at radius 3 is 2.78 bits per heavy atom. The number of anilines is 1. The molecule has 0 spiro atoms. The highest BCUT2D eigenvalue weighted by Crippen LogP contribution is 2.53. The van der Waals surface area contributed by atoms with Crippen molar-refractivity contribution >= 4 is 17.3 Å². The molecule has 2 fully saturated rings. The van der Waals surface area contributed by atoms with Crippen molar-refractivity contribution in [3.63, 3.8) is 0 Å². The lowest BCUT2D eigenvalue weighted by Crippen LogP contribution is -2.27. The number of imidazole rings is 1. The van der Waals surface area contributed by atoms with Gasteiger partial charge in [-0.05, 0) is 17.9 Å². The molecule has 4 heterocycles. The van der Waals surface area contributed by atoms with Gasteiger partial charge in [0.15, 0.2) is 5.65 Å². The second kappa shape index (κ2) is 5.53. The van der Waals surface area contributed by atoms with Gasteiger partial charge in [-0.25, -0.2) is 14.3 Å². The average Bonchev–Trinajstić information content (AvgIpc) is 3.02. The Labute approximate surface area is 151 Å². The summed E-state index contributed by atoms with van der Waals surface area (Å²) in [6.07, 6.45) is 4.70. The van der Waals surface area contributed by atoms with Gasteiger partial charge in [0.25, 0.3) is 5.56 Å². The van der Waals surface area contributed by atoms with E-state index in [-0.39, 0.29) is 29.3 Å². The molecule has 0 amide bonds. The number of ether oxygens (including phenoxy) is 1. The molecular formula is C17H16N6O4. The minimum absolute atomic E-state index is 0.0228. The Balaban J connectivity index is 1.54. The maximum absolute atomic E-state index is 12.2. The molecule has 5 rings (SSSR count). The Morgan fingerprint density at radius 2 is 2.07 bits per heavy atom. The van der Waals surface area contributed by atoms with Crippen LogP contribution >= 0.6 is 0 Å². The number of methoxy groups -OCH3 is 1. The van der Waals surface area contributed by atoms with Crippen LogP contribution in [0.3, 0.4) is 0 Å². The minimum atomic E-state index is -0.568. The molecule has 0 bridgehead atoms. The number of aromatic nitrogens is 5. The van der Waals surface area contributed by atoms with Crippen molar-refractivity contribution in [2.24, 2.45) is 17.8 Å². The first kappa shape index (κ1) is 15.8.